The van der Waals surface area contributed by atoms with Crippen LogP contribution in [0, 0.1) is 0 Å². The molecule has 2 heterocycles. The van der Waals surface area contributed by atoms with Crippen molar-refractivity contribution in [1.82, 2.24) is 4.90 Å². The van der Waals surface area contributed by atoms with Crippen LogP contribution in [0.15, 0.2) is 0 Å². The first-order valence-corrected chi connectivity index (χ1v) is 4.48. The Morgan fingerprint density at radius 2 is 1.85 bits per heavy atom. The van der Waals surface area contributed by atoms with Crippen LogP contribution in [-0.4, -0.2) is 62.5 Å². The molecule has 0 aromatic heterocycles. The lowest BCUT2D eigenvalue weighted by Gasteiger charge is -2.46. The Bertz CT molecular complexity index is 222. The number of aliphatic hydroxyl groups excluding tert-OH is 3. The summed E-state index contributed by atoms with van der Waals surface area (Å²) in [4.78, 5) is 1.55. The maximum atomic E-state index is 9.95. The molecule has 5 nitrogen and oxygen atoms in total. The van der Waals surface area contributed by atoms with Crippen molar-refractivity contribution < 1.29 is 20.4 Å². The monoisotopic (exact) mass is 189 g/mol. The van der Waals surface area contributed by atoms with Crippen molar-refractivity contribution in [3.8, 4) is 0 Å². The predicted molar refractivity (Wildman–Crippen MR) is 43.8 cm³/mol. The smallest absolute Gasteiger partial charge is 0.147 e. The Kier molecular flexibility index (Phi) is 1.91. The highest BCUT2D eigenvalue weighted by atomic mass is 16.4. The predicted octanol–water partition coefficient (Wildman–Crippen LogP) is -2.13. The van der Waals surface area contributed by atoms with Crippen molar-refractivity contribution in [3.63, 3.8) is 0 Å². The quantitative estimate of drug-likeness (QED) is 0.350. The van der Waals surface area contributed by atoms with Gasteiger partial charge in [0.2, 0.25) is 0 Å². The maximum Gasteiger partial charge on any atom is 0.147 e. The van der Waals surface area contributed by atoms with Crippen LogP contribution >= 0.6 is 0 Å². The summed E-state index contributed by atoms with van der Waals surface area (Å²) in [5.41, 5.74) is -1.36. The van der Waals surface area contributed by atoms with Gasteiger partial charge in [0.1, 0.15) is 17.9 Å². The molecule has 2 saturated heterocycles. The Labute approximate surface area is 76.2 Å². The Hall–Kier alpha value is -0.200. The Morgan fingerprint density at radius 1 is 1.23 bits per heavy atom. The molecule has 0 aliphatic carbocycles. The third kappa shape index (κ3) is 0.992. The van der Waals surface area contributed by atoms with Gasteiger partial charge in [-0.3, -0.25) is 4.90 Å². The van der Waals surface area contributed by atoms with E-state index in [-0.39, 0.29) is 6.04 Å². The van der Waals surface area contributed by atoms with E-state index >= 15 is 0 Å². The minimum absolute atomic E-state index is 0.247. The van der Waals surface area contributed by atoms with E-state index in [0.717, 1.165) is 0 Å². The average molecular weight is 189 g/mol. The average Bonchev–Trinajstić information content (AvgIpc) is 2.37. The lowest BCUT2D eigenvalue weighted by atomic mass is 9.92. The molecule has 4 N–H and O–H groups in total. The van der Waals surface area contributed by atoms with E-state index < -0.39 is 24.0 Å². The molecular weight excluding hydrogens is 174 g/mol. The molecule has 0 spiro atoms. The van der Waals surface area contributed by atoms with Gasteiger partial charge in [-0.15, -0.1) is 0 Å². The first kappa shape index (κ1) is 9.36. The van der Waals surface area contributed by atoms with E-state index in [9.17, 15) is 20.4 Å². The number of hydrogen-bond acceptors (Lipinski definition) is 5. The molecule has 5 heteroatoms. The SMILES string of the molecule is CN1[C@@H]2CC[C@@]1(O)[C@@H](O)[C@H](O)[C@H]2O. The molecule has 2 fully saturated rings. The molecule has 5 atom stereocenters. The van der Waals surface area contributed by atoms with E-state index in [4.69, 9.17) is 0 Å². The zero-order chi connectivity index (χ0) is 9.80. The van der Waals surface area contributed by atoms with Crippen LogP contribution in [0.4, 0.5) is 0 Å². The second-order valence-corrected chi connectivity index (χ2v) is 4.02. The van der Waals surface area contributed by atoms with Crippen molar-refractivity contribution in [1.29, 1.82) is 0 Å². The molecule has 2 aliphatic rings. The summed E-state index contributed by atoms with van der Waals surface area (Å²) in [5.74, 6) is 0. The summed E-state index contributed by atoms with van der Waals surface area (Å²) >= 11 is 0. The fourth-order valence-electron chi connectivity index (χ4n) is 2.46. The van der Waals surface area contributed by atoms with Crippen molar-refractivity contribution in [3.05, 3.63) is 0 Å². The summed E-state index contributed by atoms with van der Waals surface area (Å²) < 4.78 is 0. The van der Waals surface area contributed by atoms with Gasteiger partial charge >= 0.3 is 0 Å². The van der Waals surface area contributed by atoms with Crippen LogP contribution in [0.2, 0.25) is 0 Å². The van der Waals surface area contributed by atoms with Gasteiger partial charge in [0.15, 0.2) is 0 Å². The molecule has 2 rings (SSSR count). The van der Waals surface area contributed by atoms with E-state index in [1.807, 2.05) is 0 Å². The summed E-state index contributed by atoms with van der Waals surface area (Å²) in [6, 6.07) is -0.247. The molecular formula is C8H15NO4. The van der Waals surface area contributed by atoms with Crippen LogP contribution in [0.3, 0.4) is 0 Å². The van der Waals surface area contributed by atoms with E-state index in [2.05, 4.69) is 0 Å². The van der Waals surface area contributed by atoms with Gasteiger partial charge in [-0.1, -0.05) is 0 Å². The van der Waals surface area contributed by atoms with E-state index in [1.54, 1.807) is 11.9 Å². The highest BCUT2D eigenvalue weighted by Gasteiger charge is 2.58. The molecule has 76 valence electrons. The lowest BCUT2D eigenvalue weighted by Crippen LogP contribution is -2.67. The number of aliphatic hydroxyl groups is 4. The number of fused-ring (bicyclic) bond motifs is 2. The van der Waals surface area contributed by atoms with Gasteiger partial charge in [0.05, 0.1) is 6.10 Å². The summed E-state index contributed by atoms with van der Waals surface area (Å²) in [5, 5.41) is 38.5. The minimum Gasteiger partial charge on any atom is -0.389 e. The first-order chi connectivity index (χ1) is 5.98. The fourth-order valence-corrected chi connectivity index (χ4v) is 2.46. The second kappa shape index (κ2) is 2.65. The normalized spacial score (nSPS) is 57.0. The van der Waals surface area contributed by atoms with Crippen LogP contribution in [0.5, 0.6) is 0 Å². The Morgan fingerprint density at radius 3 is 2.46 bits per heavy atom. The molecule has 2 aliphatic heterocycles. The van der Waals surface area contributed by atoms with Gasteiger partial charge in [-0.2, -0.15) is 0 Å². The molecule has 0 aromatic rings. The molecule has 0 unspecified atom stereocenters. The number of piperidine rings is 1. The van der Waals surface area contributed by atoms with Gasteiger partial charge in [-0.25, -0.2) is 0 Å². The standard InChI is InChI=1S/C8H15NO4/c1-9-4-2-3-8(9,13)7(12)6(11)5(4)10/h4-7,10-13H,2-3H2,1H3/t4-,5+,6-,7+,8-/m1/s1. The molecule has 13 heavy (non-hydrogen) atoms. The van der Waals surface area contributed by atoms with Gasteiger partial charge in [-0.05, 0) is 19.9 Å². The van der Waals surface area contributed by atoms with Crippen LogP contribution in [-0.2, 0) is 0 Å². The summed E-state index contributed by atoms with van der Waals surface area (Å²) in [6.07, 6.45) is -2.51. The highest BCUT2D eigenvalue weighted by Crippen LogP contribution is 2.41. The third-order valence-corrected chi connectivity index (χ3v) is 3.46. The molecule has 0 aromatic carbocycles. The number of likely N-dealkylation sites (N-methyl/N-ethyl adjacent to an activating group) is 1. The topological polar surface area (TPSA) is 84.2 Å². The van der Waals surface area contributed by atoms with Crippen LogP contribution in [0.1, 0.15) is 12.8 Å². The van der Waals surface area contributed by atoms with Crippen LogP contribution < -0.4 is 0 Å². The zero-order valence-electron chi connectivity index (χ0n) is 7.46. The summed E-state index contributed by atoms with van der Waals surface area (Å²) in [6.45, 7) is 0. The largest absolute Gasteiger partial charge is 0.389 e. The zero-order valence-corrected chi connectivity index (χ0v) is 7.46. The highest BCUT2D eigenvalue weighted by molar-refractivity contribution is 5.08. The van der Waals surface area contributed by atoms with Gasteiger partial charge < -0.3 is 20.4 Å². The fraction of sp³-hybridized carbons (Fsp3) is 1.00. The van der Waals surface area contributed by atoms with Gasteiger partial charge in [0.25, 0.3) is 0 Å². The molecule has 0 saturated carbocycles. The van der Waals surface area contributed by atoms with Crippen molar-refractivity contribution in [2.24, 2.45) is 0 Å². The molecule has 0 amide bonds. The first-order valence-electron chi connectivity index (χ1n) is 4.48. The van der Waals surface area contributed by atoms with Gasteiger partial charge in [0, 0.05) is 6.04 Å². The number of nitrogens with zero attached hydrogens (tertiary/aromatic N) is 1. The van der Waals surface area contributed by atoms with E-state index in [0.29, 0.717) is 12.8 Å². The summed E-state index contributed by atoms with van der Waals surface area (Å²) in [7, 11) is 1.65. The van der Waals surface area contributed by atoms with Crippen molar-refractivity contribution >= 4 is 0 Å². The maximum absolute atomic E-state index is 9.95. The molecule has 2 bridgehead atoms. The van der Waals surface area contributed by atoms with Crippen molar-refractivity contribution in [2.75, 3.05) is 7.05 Å². The van der Waals surface area contributed by atoms with Crippen LogP contribution in [0.25, 0.3) is 0 Å². The molecule has 0 radical (unpaired) electrons. The minimum atomic E-state index is -1.36. The second-order valence-electron chi connectivity index (χ2n) is 4.02. The lowest BCUT2D eigenvalue weighted by molar-refractivity contribution is -0.243. The van der Waals surface area contributed by atoms with E-state index in [1.165, 1.54) is 0 Å². The van der Waals surface area contributed by atoms with Crippen molar-refractivity contribution in [2.45, 2.75) is 42.9 Å². The number of rotatable bonds is 0. The Balaban J connectivity index is 2.34. The third-order valence-electron chi connectivity index (χ3n) is 3.46. The number of hydrogen-bond donors (Lipinski definition) is 4.